The minimum atomic E-state index is -0.657. The van der Waals surface area contributed by atoms with Crippen molar-refractivity contribution in [3.05, 3.63) is 32.1 Å². The number of aromatic amines is 1. The van der Waals surface area contributed by atoms with Gasteiger partial charge in [0, 0.05) is 12.7 Å². The summed E-state index contributed by atoms with van der Waals surface area (Å²) in [5.74, 6) is 0.0266. The first kappa shape index (κ1) is 13.5. The molecule has 0 aliphatic rings. The highest BCUT2D eigenvalue weighted by atomic mass is 35.5. The van der Waals surface area contributed by atoms with Crippen molar-refractivity contribution in [1.82, 2.24) is 14.9 Å². The summed E-state index contributed by atoms with van der Waals surface area (Å²) in [4.78, 5) is 35.8. The maximum atomic E-state index is 11.5. The molecule has 94 valence electrons. The highest BCUT2D eigenvalue weighted by molar-refractivity contribution is 6.30. The zero-order valence-corrected chi connectivity index (χ0v) is 10.4. The largest absolute Gasteiger partial charge is 0.354 e. The monoisotopic (exact) mass is 259 g/mol. The van der Waals surface area contributed by atoms with Crippen molar-refractivity contribution in [2.45, 2.75) is 20.4 Å². The summed E-state index contributed by atoms with van der Waals surface area (Å²) >= 11 is 5.56. The number of H-pyrrole nitrogens is 1. The number of nitrogens with zero attached hydrogens (tertiary/aromatic N) is 1. The Kier molecular flexibility index (Phi) is 4.51. The number of amides is 1. The van der Waals surface area contributed by atoms with Crippen molar-refractivity contribution in [2.24, 2.45) is 5.92 Å². The van der Waals surface area contributed by atoms with E-state index in [1.165, 1.54) is 0 Å². The Morgan fingerprint density at radius 1 is 1.53 bits per heavy atom. The van der Waals surface area contributed by atoms with Crippen LogP contribution in [0.5, 0.6) is 0 Å². The number of rotatable bonds is 4. The molecule has 0 saturated carbocycles. The van der Waals surface area contributed by atoms with Crippen molar-refractivity contribution in [3.8, 4) is 0 Å². The molecule has 0 radical (unpaired) electrons. The molecule has 0 aliphatic carbocycles. The summed E-state index contributed by atoms with van der Waals surface area (Å²) in [6, 6.07) is 0. The molecule has 1 heterocycles. The third-order valence-corrected chi connectivity index (χ3v) is 2.26. The van der Waals surface area contributed by atoms with Gasteiger partial charge in [-0.15, -0.1) is 0 Å². The Balaban J connectivity index is 2.75. The second-order valence-corrected chi connectivity index (χ2v) is 4.47. The molecule has 7 heteroatoms. The summed E-state index contributed by atoms with van der Waals surface area (Å²) < 4.78 is 1.05. The molecule has 0 bridgehead atoms. The maximum absolute atomic E-state index is 11.5. The first-order valence-corrected chi connectivity index (χ1v) is 5.54. The molecule has 0 saturated heterocycles. The van der Waals surface area contributed by atoms with E-state index in [0.717, 1.165) is 10.8 Å². The van der Waals surface area contributed by atoms with Gasteiger partial charge in [-0.3, -0.25) is 19.1 Å². The van der Waals surface area contributed by atoms with Gasteiger partial charge in [0.05, 0.1) is 0 Å². The van der Waals surface area contributed by atoms with Crippen LogP contribution in [-0.2, 0) is 11.3 Å². The summed E-state index contributed by atoms with van der Waals surface area (Å²) in [6.45, 7) is 4.29. The van der Waals surface area contributed by atoms with Crippen molar-refractivity contribution in [3.63, 3.8) is 0 Å². The van der Waals surface area contributed by atoms with Crippen LogP contribution < -0.4 is 16.6 Å². The van der Waals surface area contributed by atoms with E-state index in [4.69, 9.17) is 11.6 Å². The van der Waals surface area contributed by atoms with Crippen molar-refractivity contribution >= 4 is 17.5 Å². The fraction of sp³-hybridized carbons (Fsp3) is 0.500. The van der Waals surface area contributed by atoms with Crippen molar-refractivity contribution in [2.75, 3.05) is 6.54 Å². The lowest BCUT2D eigenvalue weighted by Gasteiger charge is -2.08. The topological polar surface area (TPSA) is 84.0 Å². The Labute approximate surface area is 103 Å². The summed E-state index contributed by atoms with van der Waals surface area (Å²) in [5.41, 5.74) is -1.31. The number of aromatic nitrogens is 2. The smallest absolute Gasteiger partial charge is 0.328 e. The highest BCUT2D eigenvalue weighted by Gasteiger charge is 2.07. The quantitative estimate of drug-likeness (QED) is 0.796. The van der Waals surface area contributed by atoms with E-state index in [1.54, 1.807) is 0 Å². The molecule has 0 atom stereocenters. The van der Waals surface area contributed by atoms with Gasteiger partial charge in [0.1, 0.15) is 11.6 Å². The van der Waals surface area contributed by atoms with Gasteiger partial charge < -0.3 is 5.32 Å². The maximum Gasteiger partial charge on any atom is 0.328 e. The van der Waals surface area contributed by atoms with Gasteiger partial charge in [-0.05, 0) is 5.92 Å². The van der Waals surface area contributed by atoms with Crippen LogP contribution in [0.4, 0.5) is 0 Å². The molecule has 0 fully saturated rings. The van der Waals surface area contributed by atoms with Gasteiger partial charge in [0.2, 0.25) is 5.91 Å². The molecule has 1 aromatic rings. The molecule has 0 aliphatic heterocycles. The van der Waals surface area contributed by atoms with Crippen LogP contribution in [0.15, 0.2) is 15.8 Å². The van der Waals surface area contributed by atoms with E-state index in [1.807, 2.05) is 18.8 Å². The van der Waals surface area contributed by atoms with E-state index in [9.17, 15) is 14.4 Å². The molecular weight excluding hydrogens is 246 g/mol. The number of carbonyl (C=O) groups is 1. The van der Waals surface area contributed by atoms with Gasteiger partial charge in [-0.2, -0.15) is 0 Å². The Bertz CT molecular complexity index is 518. The fourth-order valence-corrected chi connectivity index (χ4v) is 1.29. The van der Waals surface area contributed by atoms with Gasteiger partial charge in [-0.1, -0.05) is 25.4 Å². The molecular formula is C10H14ClN3O3. The molecule has 1 aromatic heterocycles. The van der Waals surface area contributed by atoms with Crippen molar-refractivity contribution < 1.29 is 4.79 Å². The third kappa shape index (κ3) is 4.07. The van der Waals surface area contributed by atoms with Crippen LogP contribution in [0, 0.1) is 5.92 Å². The average Bonchev–Trinajstić information content (AvgIpc) is 2.23. The number of carbonyl (C=O) groups excluding carboxylic acids is 1. The average molecular weight is 260 g/mol. The Morgan fingerprint density at radius 2 is 2.18 bits per heavy atom. The Hall–Kier alpha value is -1.56. The van der Waals surface area contributed by atoms with Crippen LogP contribution in [-0.4, -0.2) is 22.0 Å². The summed E-state index contributed by atoms with van der Waals surface area (Å²) in [7, 11) is 0. The van der Waals surface area contributed by atoms with E-state index in [-0.39, 0.29) is 17.5 Å². The van der Waals surface area contributed by atoms with E-state index in [0.29, 0.717) is 12.5 Å². The van der Waals surface area contributed by atoms with Crippen molar-refractivity contribution in [1.29, 1.82) is 0 Å². The SMILES string of the molecule is CC(C)CNC(=O)Cn1cc(Cl)c(=O)[nH]c1=O. The second-order valence-electron chi connectivity index (χ2n) is 4.06. The lowest BCUT2D eigenvalue weighted by Crippen LogP contribution is -2.36. The van der Waals surface area contributed by atoms with Crippen LogP contribution >= 0.6 is 11.6 Å². The summed E-state index contributed by atoms with van der Waals surface area (Å²) in [6.07, 6.45) is 1.15. The van der Waals surface area contributed by atoms with Gasteiger partial charge >= 0.3 is 5.69 Å². The van der Waals surface area contributed by atoms with E-state index < -0.39 is 11.2 Å². The predicted molar refractivity (Wildman–Crippen MR) is 64.2 cm³/mol. The highest BCUT2D eigenvalue weighted by Crippen LogP contribution is 1.95. The van der Waals surface area contributed by atoms with E-state index >= 15 is 0 Å². The first-order valence-electron chi connectivity index (χ1n) is 5.16. The molecule has 0 spiro atoms. The van der Waals surface area contributed by atoms with E-state index in [2.05, 4.69) is 5.32 Å². The zero-order chi connectivity index (χ0) is 13.0. The van der Waals surface area contributed by atoms with Crippen LogP contribution in [0.3, 0.4) is 0 Å². The molecule has 6 nitrogen and oxygen atoms in total. The van der Waals surface area contributed by atoms with Crippen LogP contribution in [0.2, 0.25) is 5.02 Å². The number of nitrogens with one attached hydrogen (secondary N) is 2. The number of halogens is 1. The third-order valence-electron chi connectivity index (χ3n) is 1.99. The normalized spacial score (nSPS) is 10.6. The lowest BCUT2D eigenvalue weighted by molar-refractivity contribution is -0.121. The van der Waals surface area contributed by atoms with Gasteiger partial charge in [0.15, 0.2) is 0 Å². The standard InChI is InChI=1S/C10H14ClN3O3/c1-6(2)3-12-8(15)5-14-4-7(11)9(16)13-10(14)17/h4,6H,3,5H2,1-2H3,(H,12,15)(H,13,16,17). The molecule has 1 rings (SSSR count). The van der Waals surface area contributed by atoms with Gasteiger partial charge in [0.25, 0.3) is 5.56 Å². The first-order chi connectivity index (χ1) is 7.90. The minimum Gasteiger partial charge on any atom is -0.354 e. The molecule has 2 N–H and O–H groups in total. The fourth-order valence-electron chi connectivity index (χ4n) is 1.13. The minimum absolute atomic E-state index is 0.124. The molecule has 1 amide bonds. The number of hydrogen-bond donors (Lipinski definition) is 2. The lowest BCUT2D eigenvalue weighted by atomic mass is 10.2. The zero-order valence-electron chi connectivity index (χ0n) is 9.62. The molecule has 0 aromatic carbocycles. The second kappa shape index (κ2) is 5.67. The molecule has 17 heavy (non-hydrogen) atoms. The van der Waals surface area contributed by atoms with Gasteiger partial charge in [-0.25, -0.2) is 4.79 Å². The van der Waals surface area contributed by atoms with Crippen LogP contribution in [0.1, 0.15) is 13.8 Å². The predicted octanol–water partition coefficient (Wildman–Crippen LogP) is -0.0378. The van der Waals surface area contributed by atoms with Crippen LogP contribution in [0.25, 0.3) is 0 Å². The summed E-state index contributed by atoms with van der Waals surface area (Å²) in [5, 5.41) is 2.53. The number of hydrogen-bond acceptors (Lipinski definition) is 3. The molecule has 0 unspecified atom stereocenters. The Morgan fingerprint density at radius 3 is 2.76 bits per heavy atom.